The van der Waals surface area contributed by atoms with E-state index < -0.39 is 0 Å². The Labute approximate surface area is 128 Å². The maximum atomic E-state index is 5.30. The van der Waals surface area contributed by atoms with Crippen LogP contribution in [-0.4, -0.2) is 9.97 Å². The number of aromatic nitrogens is 2. The van der Waals surface area contributed by atoms with Crippen molar-refractivity contribution in [1.29, 1.82) is 0 Å². The van der Waals surface area contributed by atoms with Gasteiger partial charge >= 0.3 is 0 Å². The molecular weight excluding hydrogens is 376 g/mol. The third-order valence-corrected chi connectivity index (χ3v) is 4.65. The number of hydrogen-bond donors (Lipinski definition) is 1. The van der Waals surface area contributed by atoms with Crippen molar-refractivity contribution in [1.82, 2.24) is 9.97 Å². The van der Waals surface area contributed by atoms with Gasteiger partial charge in [-0.15, -0.1) is 0 Å². The second-order valence-corrected chi connectivity index (χ2v) is 6.29. The fourth-order valence-electron chi connectivity index (χ4n) is 1.65. The van der Waals surface area contributed by atoms with Crippen LogP contribution >= 0.6 is 44.1 Å². The first-order chi connectivity index (χ1) is 8.50. The van der Waals surface area contributed by atoms with Gasteiger partial charge in [-0.3, -0.25) is 0 Å². The highest BCUT2D eigenvalue weighted by atomic mass is 79.9. The van der Waals surface area contributed by atoms with Gasteiger partial charge in [-0.2, -0.15) is 0 Å². The van der Waals surface area contributed by atoms with Gasteiger partial charge in [0, 0.05) is 15.7 Å². The molecule has 0 fully saturated rings. The van der Waals surface area contributed by atoms with Crippen molar-refractivity contribution < 1.29 is 0 Å². The van der Waals surface area contributed by atoms with Gasteiger partial charge in [-0.1, -0.05) is 60.2 Å². The summed E-state index contributed by atoms with van der Waals surface area (Å²) >= 11 is 12.3. The van der Waals surface area contributed by atoms with E-state index in [1.165, 1.54) is 0 Å². The van der Waals surface area contributed by atoms with Crippen molar-refractivity contribution in [2.24, 2.45) is 0 Å². The van der Waals surface area contributed by atoms with Crippen molar-refractivity contribution in [2.75, 3.05) is 0 Å². The predicted molar refractivity (Wildman–Crippen MR) is 84.3 cm³/mol. The minimum atomic E-state index is 0.352. The van der Waals surface area contributed by atoms with Crippen LogP contribution in [0.2, 0.25) is 0 Å². The summed E-state index contributed by atoms with van der Waals surface area (Å²) in [6.07, 6.45) is 0. The minimum Gasteiger partial charge on any atom is -0.342 e. The molecule has 2 nitrogen and oxygen atoms in total. The summed E-state index contributed by atoms with van der Waals surface area (Å²) in [6, 6.07) is 7.96. The molecule has 0 atom stereocenters. The van der Waals surface area contributed by atoms with E-state index in [1.807, 2.05) is 24.3 Å². The lowest BCUT2D eigenvalue weighted by Gasteiger charge is -2.12. The van der Waals surface area contributed by atoms with E-state index in [4.69, 9.17) is 12.2 Å². The van der Waals surface area contributed by atoms with Crippen LogP contribution in [0.25, 0.3) is 11.4 Å². The molecule has 0 bridgehead atoms. The third kappa shape index (κ3) is 2.73. The summed E-state index contributed by atoms with van der Waals surface area (Å²) in [4.78, 5) is 7.78. The Morgan fingerprint density at radius 3 is 2.50 bits per heavy atom. The first-order valence-corrected chi connectivity index (χ1v) is 7.54. The zero-order valence-corrected chi connectivity index (χ0v) is 14.0. The zero-order valence-electron chi connectivity index (χ0n) is 10.00. The van der Waals surface area contributed by atoms with Crippen molar-refractivity contribution in [3.8, 4) is 11.4 Å². The average Bonchev–Trinajstić information content (AvgIpc) is 2.33. The molecule has 5 heteroatoms. The quantitative estimate of drug-likeness (QED) is 0.693. The molecule has 94 valence electrons. The van der Waals surface area contributed by atoms with Crippen molar-refractivity contribution in [3.05, 3.63) is 43.5 Å². The van der Waals surface area contributed by atoms with Gasteiger partial charge in [-0.25, -0.2) is 4.98 Å². The monoisotopic (exact) mass is 386 g/mol. The highest BCUT2D eigenvalue weighted by Crippen LogP contribution is 2.29. The van der Waals surface area contributed by atoms with E-state index in [0.29, 0.717) is 10.6 Å². The lowest BCUT2D eigenvalue weighted by molar-refractivity contribution is 0.807. The van der Waals surface area contributed by atoms with Gasteiger partial charge in [0.05, 0.1) is 4.47 Å². The molecule has 1 aromatic heterocycles. The molecule has 1 heterocycles. The predicted octanol–water partition coefficient (Wildman–Crippen LogP) is 5.45. The van der Waals surface area contributed by atoms with Crippen LogP contribution in [0.15, 0.2) is 33.2 Å². The molecule has 0 saturated carbocycles. The molecule has 2 aromatic rings. The van der Waals surface area contributed by atoms with E-state index in [2.05, 4.69) is 55.7 Å². The van der Waals surface area contributed by atoms with E-state index in [-0.39, 0.29) is 0 Å². The molecule has 0 aliphatic heterocycles. The molecule has 2 rings (SSSR count). The van der Waals surface area contributed by atoms with Crippen LogP contribution in [-0.2, 0) is 0 Å². The molecule has 0 aliphatic carbocycles. The van der Waals surface area contributed by atoms with Gasteiger partial charge in [0.15, 0.2) is 0 Å². The van der Waals surface area contributed by atoms with Crippen LogP contribution < -0.4 is 0 Å². The lowest BCUT2D eigenvalue weighted by atomic mass is 10.1. The molecule has 0 aliphatic rings. The molecule has 18 heavy (non-hydrogen) atoms. The van der Waals surface area contributed by atoms with Crippen LogP contribution in [0, 0.1) is 4.64 Å². The first-order valence-electron chi connectivity index (χ1n) is 5.55. The molecule has 0 amide bonds. The lowest BCUT2D eigenvalue weighted by Crippen LogP contribution is -2.00. The summed E-state index contributed by atoms with van der Waals surface area (Å²) in [6.45, 7) is 4.24. The van der Waals surface area contributed by atoms with E-state index >= 15 is 0 Å². The van der Waals surface area contributed by atoms with Crippen LogP contribution in [0.4, 0.5) is 0 Å². The number of aromatic amines is 1. The standard InChI is InChI=1S/C13H12Br2N2S/c1-7(2)11-10(15)13(18)17-12(16-11)8-5-3-4-6-9(8)14/h3-7H,1-2H3,(H,16,17,18). The number of nitrogens with zero attached hydrogens (tertiary/aromatic N) is 1. The number of hydrogen-bond acceptors (Lipinski definition) is 2. The Hall–Kier alpha value is -0.520. The van der Waals surface area contributed by atoms with Crippen molar-refractivity contribution in [2.45, 2.75) is 19.8 Å². The maximum Gasteiger partial charge on any atom is 0.144 e. The normalized spacial score (nSPS) is 10.9. The molecule has 1 N–H and O–H groups in total. The fourth-order valence-corrected chi connectivity index (χ4v) is 2.97. The topological polar surface area (TPSA) is 28.7 Å². The van der Waals surface area contributed by atoms with Crippen LogP contribution in [0.3, 0.4) is 0 Å². The Morgan fingerprint density at radius 2 is 1.89 bits per heavy atom. The number of nitrogens with one attached hydrogen (secondary N) is 1. The number of H-pyrrole nitrogens is 1. The molecule has 0 spiro atoms. The van der Waals surface area contributed by atoms with Crippen LogP contribution in [0.5, 0.6) is 0 Å². The molecule has 0 unspecified atom stereocenters. The Kier molecular flexibility index (Phi) is 4.35. The van der Waals surface area contributed by atoms with Gasteiger partial charge in [0.25, 0.3) is 0 Å². The Morgan fingerprint density at radius 1 is 1.22 bits per heavy atom. The van der Waals surface area contributed by atoms with Gasteiger partial charge in [-0.05, 0) is 27.9 Å². The van der Waals surface area contributed by atoms with E-state index in [9.17, 15) is 0 Å². The summed E-state index contributed by atoms with van der Waals surface area (Å²) in [5.74, 6) is 1.14. The highest BCUT2D eigenvalue weighted by Gasteiger charge is 2.12. The number of rotatable bonds is 2. The average molecular weight is 388 g/mol. The van der Waals surface area contributed by atoms with Crippen LogP contribution in [0.1, 0.15) is 25.5 Å². The summed E-state index contributed by atoms with van der Waals surface area (Å²) in [5.41, 5.74) is 2.08. The smallest absolute Gasteiger partial charge is 0.144 e. The SMILES string of the molecule is CC(C)c1[nH]c(-c2ccccc2Br)nc(=S)c1Br. The van der Waals surface area contributed by atoms with E-state index in [0.717, 1.165) is 26.0 Å². The van der Waals surface area contributed by atoms with Gasteiger partial charge < -0.3 is 4.98 Å². The second-order valence-electron chi connectivity index (χ2n) is 4.25. The minimum absolute atomic E-state index is 0.352. The molecule has 0 radical (unpaired) electrons. The Bertz CT molecular complexity index is 635. The molecule has 0 saturated heterocycles. The van der Waals surface area contributed by atoms with Gasteiger partial charge in [0.1, 0.15) is 10.5 Å². The van der Waals surface area contributed by atoms with Gasteiger partial charge in [0.2, 0.25) is 0 Å². The van der Waals surface area contributed by atoms with E-state index in [1.54, 1.807) is 0 Å². The maximum absolute atomic E-state index is 5.30. The molecular formula is C13H12Br2N2S. The first kappa shape index (κ1) is 13.9. The largest absolute Gasteiger partial charge is 0.342 e. The number of halogens is 2. The third-order valence-electron chi connectivity index (χ3n) is 2.60. The van der Waals surface area contributed by atoms with Crippen molar-refractivity contribution in [3.63, 3.8) is 0 Å². The number of benzene rings is 1. The summed E-state index contributed by atoms with van der Waals surface area (Å²) in [7, 11) is 0. The van der Waals surface area contributed by atoms with Crippen molar-refractivity contribution >= 4 is 44.1 Å². The highest BCUT2D eigenvalue weighted by molar-refractivity contribution is 9.11. The Balaban J connectivity index is 2.67. The fraction of sp³-hybridized carbons (Fsp3) is 0.231. The summed E-state index contributed by atoms with van der Waals surface area (Å²) < 4.78 is 2.46. The summed E-state index contributed by atoms with van der Waals surface area (Å²) in [5, 5.41) is 0. The zero-order chi connectivity index (χ0) is 13.3. The second kappa shape index (κ2) is 5.63. The molecule has 1 aromatic carbocycles.